The standard InChI is InChI=1S/C18H16ClFN4S/c1-12-5-2-3-8-16(12)21-18(25)22-17-9-10-24(23-17)11-13-14(19)6-4-7-15(13)20/h2-10H,11H2,1H3,(H2,21,22,23,25). The minimum absolute atomic E-state index is 0.241. The molecule has 3 rings (SSSR count). The fourth-order valence-corrected chi connectivity index (χ4v) is 2.78. The van der Waals surface area contributed by atoms with Crippen molar-refractivity contribution in [2.24, 2.45) is 0 Å². The van der Waals surface area contributed by atoms with E-state index in [1.54, 1.807) is 29.1 Å². The first-order valence-corrected chi connectivity index (χ1v) is 8.41. The molecule has 25 heavy (non-hydrogen) atoms. The second-order valence-corrected chi connectivity index (χ2v) is 6.31. The highest BCUT2D eigenvalue weighted by molar-refractivity contribution is 7.80. The molecule has 0 aliphatic heterocycles. The van der Waals surface area contributed by atoms with Crippen molar-refractivity contribution < 1.29 is 4.39 Å². The van der Waals surface area contributed by atoms with Gasteiger partial charge in [-0.05, 0) is 42.9 Å². The van der Waals surface area contributed by atoms with Crippen molar-refractivity contribution in [2.75, 3.05) is 10.6 Å². The summed E-state index contributed by atoms with van der Waals surface area (Å²) in [5, 5.41) is 11.3. The third-order valence-corrected chi connectivity index (χ3v) is 4.22. The molecule has 0 amide bonds. The van der Waals surface area contributed by atoms with E-state index >= 15 is 0 Å². The topological polar surface area (TPSA) is 41.9 Å². The third kappa shape index (κ3) is 4.35. The van der Waals surface area contributed by atoms with Crippen molar-refractivity contribution in [2.45, 2.75) is 13.5 Å². The quantitative estimate of drug-likeness (QED) is 0.641. The maximum Gasteiger partial charge on any atom is 0.176 e. The summed E-state index contributed by atoms with van der Waals surface area (Å²) in [6.07, 6.45) is 1.74. The Hall–Kier alpha value is -2.44. The van der Waals surface area contributed by atoms with Crippen LogP contribution in [0, 0.1) is 12.7 Å². The van der Waals surface area contributed by atoms with Crippen LogP contribution in [0.25, 0.3) is 0 Å². The van der Waals surface area contributed by atoms with Gasteiger partial charge in [-0.2, -0.15) is 5.10 Å². The molecule has 0 unspecified atom stereocenters. The average Bonchev–Trinajstić information content (AvgIpc) is 3.00. The number of aryl methyl sites for hydroxylation is 1. The molecule has 3 aromatic rings. The lowest BCUT2D eigenvalue weighted by molar-refractivity contribution is 0.586. The van der Waals surface area contributed by atoms with Crippen LogP contribution in [0.5, 0.6) is 0 Å². The Morgan fingerprint density at radius 2 is 1.96 bits per heavy atom. The Labute approximate surface area is 155 Å². The van der Waals surface area contributed by atoms with E-state index in [0.29, 0.717) is 21.5 Å². The minimum Gasteiger partial charge on any atom is -0.332 e. The smallest absolute Gasteiger partial charge is 0.176 e. The molecule has 0 radical (unpaired) electrons. The lowest BCUT2D eigenvalue weighted by atomic mass is 10.2. The number of halogens is 2. The summed E-state index contributed by atoms with van der Waals surface area (Å²) >= 11 is 11.4. The molecule has 1 aromatic heterocycles. The lowest BCUT2D eigenvalue weighted by Gasteiger charge is -2.10. The molecule has 0 atom stereocenters. The molecule has 128 valence electrons. The zero-order valence-corrected chi connectivity index (χ0v) is 15.0. The van der Waals surface area contributed by atoms with E-state index in [1.165, 1.54) is 6.07 Å². The zero-order chi connectivity index (χ0) is 17.8. The van der Waals surface area contributed by atoms with Crippen molar-refractivity contribution in [1.29, 1.82) is 0 Å². The van der Waals surface area contributed by atoms with Gasteiger partial charge < -0.3 is 10.6 Å². The molecular formula is C18H16ClFN4S. The maximum atomic E-state index is 13.9. The Balaban J connectivity index is 1.66. The van der Waals surface area contributed by atoms with Crippen LogP contribution in [0.3, 0.4) is 0 Å². The molecule has 4 nitrogen and oxygen atoms in total. The van der Waals surface area contributed by atoms with Crippen LogP contribution in [-0.4, -0.2) is 14.9 Å². The van der Waals surface area contributed by atoms with Crippen molar-refractivity contribution in [3.63, 3.8) is 0 Å². The number of rotatable bonds is 4. The van der Waals surface area contributed by atoms with Crippen LogP contribution >= 0.6 is 23.8 Å². The predicted molar refractivity (Wildman–Crippen MR) is 104 cm³/mol. The fraction of sp³-hybridized carbons (Fsp3) is 0.111. The van der Waals surface area contributed by atoms with Gasteiger partial charge in [-0.3, -0.25) is 4.68 Å². The number of thiocarbonyl (C=S) groups is 1. The van der Waals surface area contributed by atoms with Crippen LogP contribution in [-0.2, 0) is 6.54 Å². The first-order valence-electron chi connectivity index (χ1n) is 7.63. The number of para-hydroxylation sites is 1. The SMILES string of the molecule is Cc1ccccc1NC(=S)Nc1ccn(Cc2c(F)cccc2Cl)n1. The van der Waals surface area contributed by atoms with Crippen molar-refractivity contribution in [3.05, 3.63) is 76.7 Å². The first kappa shape index (κ1) is 17.4. The zero-order valence-electron chi connectivity index (χ0n) is 13.5. The normalized spacial score (nSPS) is 10.5. The molecule has 0 aliphatic rings. The summed E-state index contributed by atoms with van der Waals surface area (Å²) in [6, 6.07) is 14.2. The Morgan fingerprint density at radius 1 is 1.16 bits per heavy atom. The maximum absolute atomic E-state index is 13.9. The van der Waals surface area contributed by atoms with Gasteiger partial charge in [0.1, 0.15) is 5.82 Å². The van der Waals surface area contributed by atoms with Crippen molar-refractivity contribution in [3.8, 4) is 0 Å². The van der Waals surface area contributed by atoms with Gasteiger partial charge in [-0.1, -0.05) is 35.9 Å². The number of benzene rings is 2. The molecule has 1 heterocycles. The van der Waals surface area contributed by atoms with E-state index in [4.69, 9.17) is 23.8 Å². The summed E-state index contributed by atoms with van der Waals surface area (Å²) in [5.74, 6) is 0.216. The van der Waals surface area contributed by atoms with E-state index < -0.39 is 0 Å². The van der Waals surface area contributed by atoms with Gasteiger partial charge >= 0.3 is 0 Å². The van der Waals surface area contributed by atoms with E-state index in [2.05, 4.69) is 15.7 Å². The van der Waals surface area contributed by atoms with E-state index in [0.717, 1.165) is 11.3 Å². The van der Waals surface area contributed by atoms with E-state index in [-0.39, 0.29) is 12.4 Å². The number of anilines is 2. The highest BCUT2D eigenvalue weighted by atomic mass is 35.5. The summed E-state index contributed by atoms with van der Waals surface area (Å²) in [4.78, 5) is 0. The molecule has 0 spiro atoms. The highest BCUT2D eigenvalue weighted by Gasteiger charge is 2.09. The van der Waals surface area contributed by atoms with Gasteiger partial charge in [0.2, 0.25) is 0 Å². The van der Waals surface area contributed by atoms with Gasteiger partial charge in [-0.25, -0.2) is 4.39 Å². The second-order valence-electron chi connectivity index (χ2n) is 5.49. The number of nitrogens with zero attached hydrogens (tertiary/aromatic N) is 2. The van der Waals surface area contributed by atoms with Gasteiger partial charge in [0.15, 0.2) is 10.9 Å². The Morgan fingerprint density at radius 3 is 2.72 bits per heavy atom. The minimum atomic E-state index is -0.353. The van der Waals surface area contributed by atoms with Crippen LogP contribution in [0.1, 0.15) is 11.1 Å². The average molecular weight is 375 g/mol. The van der Waals surface area contributed by atoms with E-state index in [1.807, 2.05) is 31.2 Å². The molecular weight excluding hydrogens is 359 g/mol. The van der Waals surface area contributed by atoms with Crippen LogP contribution in [0.4, 0.5) is 15.9 Å². The third-order valence-electron chi connectivity index (χ3n) is 3.66. The van der Waals surface area contributed by atoms with Crippen LogP contribution < -0.4 is 10.6 Å². The first-order chi connectivity index (χ1) is 12.0. The van der Waals surface area contributed by atoms with Crippen molar-refractivity contribution >= 4 is 40.4 Å². The fourth-order valence-electron chi connectivity index (χ4n) is 2.34. The molecule has 7 heteroatoms. The summed E-state index contributed by atoms with van der Waals surface area (Å²) < 4.78 is 15.5. The molecule has 2 aromatic carbocycles. The second kappa shape index (κ2) is 7.63. The predicted octanol–water partition coefficient (Wildman–Crippen LogP) is 4.84. The molecule has 0 aliphatic carbocycles. The van der Waals surface area contributed by atoms with Gasteiger partial charge in [-0.15, -0.1) is 0 Å². The summed E-state index contributed by atoms with van der Waals surface area (Å²) in [7, 11) is 0. The van der Waals surface area contributed by atoms with Gasteiger partial charge in [0.25, 0.3) is 0 Å². The van der Waals surface area contributed by atoms with Crippen molar-refractivity contribution in [1.82, 2.24) is 9.78 Å². The lowest BCUT2D eigenvalue weighted by Crippen LogP contribution is -2.20. The molecule has 0 saturated heterocycles. The summed E-state index contributed by atoms with van der Waals surface area (Å²) in [6.45, 7) is 2.24. The van der Waals surface area contributed by atoms with Crippen LogP contribution in [0.2, 0.25) is 5.02 Å². The molecule has 0 saturated carbocycles. The Kier molecular flexibility index (Phi) is 5.31. The number of hydrogen-bond donors (Lipinski definition) is 2. The molecule has 0 fully saturated rings. The van der Waals surface area contributed by atoms with E-state index in [9.17, 15) is 4.39 Å². The number of hydrogen-bond acceptors (Lipinski definition) is 2. The number of aromatic nitrogens is 2. The summed E-state index contributed by atoms with van der Waals surface area (Å²) in [5.41, 5.74) is 2.42. The van der Waals surface area contributed by atoms with Gasteiger partial charge in [0, 0.05) is 28.5 Å². The molecule has 0 bridgehead atoms. The van der Waals surface area contributed by atoms with Crippen LogP contribution in [0.15, 0.2) is 54.7 Å². The molecule has 2 N–H and O–H groups in total. The monoisotopic (exact) mass is 374 g/mol. The number of nitrogens with one attached hydrogen (secondary N) is 2. The largest absolute Gasteiger partial charge is 0.332 e. The van der Waals surface area contributed by atoms with Gasteiger partial charge in [0.05, 0.1) is 6.54 Å². The highest BCUT2D eigenvalue weighted by Crippen LogP contribution is 2.20. The Bertz CT molecular complexity index is 889.